The number of esters is 1. The number of hydrogen-bond donors (Lipinski definition) is 2. The van der Waals surface area contributed by atoms with Crippen molar-refractivity contribution in [2.24, 2.45) is 0 Å². The number of aromatic hydroxyl groups is 1. The largest absolute Gasteiger partial charge is 0.490 e. The van der Waals surface area contributed by atoms with Crippen LogP contribution in [0.3, 0.4) is 0 Å². The minimum atomic E-state index is -1.07. The van der Waals surface area contributed by atoms with E-state index in [9.17, 15) is 24.8 Å². The van der Waals surface area contributed by atoms with Gasteiger partial charge >= 0.3 is 17.2 Å². The first-order valence-corrected chi connectivity index (χ1v) is 7.98. The quantitative estimate of drug-likeness (QED) is 0.387. The molecule has 1 aromatic carbocycles. The van der Waals surface area contributed by atoms with Crippen molar-refractivity contribution in [3.8, 4) is 17.4 Å². The van der Waals surface area contributed by atoms with Gasteiger partial charge in [0, 0.05) is 0 Å². The number of H-pyrrole nitrogens is 1. The van der Waals surface area contributed by atoms with E-state index in [1.165, 1.54) is 19.3 Å². The van der Waals surface area contributed by atoms with Crippen molar-refractivity contribution in [2.75, 3.05) is 20.3 Å². The maximum Gasteiger partial charge on any atom is 0.395 e. The third kappa shape index (κ3) is 5.06. The maximum absolute atomic E-state index is 11.6. The minimum Gasteiger partial charge on any atom is -0.490 e. The van der Waals surface area contributed by atoms with Crippen LogP contribution in [0.25, 0.3) is 12.2 Å². The molecule has 0 atom stereocenters. The summed E-state index contributed by atoms with van der Waals surface area (Å²) in [6.45, 7) is 1.85. The van der Waals surface area contributed by atoms with Crippen molar-refractivity contribution in [3.63, 3.8) is 0 Å². The normalized spacial score (nSPS) is 10.6. The molecule has 0 spiro atoms. The Morgan fingerprint density at radius 3 is 2.68 bits per heavy atom. The molecule has 2 aromatic rings. The van der Waals surface area contributed by atoms with Crippen LogP contribution in [0.4, 0.5) is 5.69 Å². The van der Waals surface area contributed by atoms with Crippen LogP contribution in [0.1, 0.15) is 18.3 Å². The lowest BCUT2D eigenvalue weighted by Gasteiger charge is -2.11. The summed E-state index contributed by atoms with van der Waals surface area (Å²) in [6, 6.07) is 4.85. The summed E-state index contributed by atoms with van der Waals surface area (Å²) in [6.07, 6.45) is 2.89. The zero-order valence-electron chi connectivity index (χ0n) is 15.0. The monoisotopic (exact) mass is 391 g/mol. The molecule has 148 valence electrons. The SMILES string of the molecule is CCOc1cc(/C=C\c2nc(O)c([N+](=O)[O-])c(=O)[nH]2)ccc1OCC(=O)OC. The zero-order valence-corrected chi connectivity index (χ0v) is 15.0. The summed E-state index contributed by atoms with van der Waals surface area (Å²) in [5, 5.41) is 20.2. The highest BCUT2D eigenvalue weighted by molar-refractivity contribution is 5.71. The first-order chi connectivity index (χ1) is 13.3. The van der Waals surface area contributed by atoms with Gasteiger partial charge in [-0.1, -0.05) is 12.1 Å². The fourth-order valence-corrected chi connectivity index (χ4v) is 2.10. The molecule has 0 saturated heterocycles. The first-order valence-electron chi connectivity index (χ1n) is 7.98. The molecule has 11 heteroatoms. The van der Waals surface area contributed by atoms with E-state index in [2.05, 4.69) is 14.7 Å². The van der Waals surface area contributed by atoms with Gasteiger partial charge in [0.05, 0.1) is 18.6 Å². The smallest absolute Gasteiger partial charge is 0.395 e. The predicted molar refractivity (Wildman–Crippen MR) is 97.2 cm³/mol. The summed E-state index contributed by atoms with van der Waals surface area (Å²) in [5.74, 6) is -0.878. The molecule has 0 saturated carbocycles. The molecule has 0 aliphatic rings. The van der Waals surface area contributed by atoms with Crippen molar-refractivity contribution < 1.29 is 29.0 Å². The molecule has 0 aliphatic carbocycles. The van der Waals surface area contributed by atoms with Gasteiger partial charge in [-0.25, -0.2) is 4.79 Å². The standard InChI is InChI=1S/C17H17N3O8/c1-3-27-12-8-10(4-6-11(12)28-9-14(21)26-2)5-7-13-18-16(22)15(20(24)25)17(23)19-13/h4-8H,3,9H2,1-2H3,(H2,18,19,22,23)/b7-5-. The summed E-state index contributed by atoms with van der Waals surface area (Å²) in [5.41, 5.74) is -1.48. The average Bonchev–Trinajstić information content (AvgIpc) is 2.64. The molecule has 1 aromatic heterocycles. The van der Waals surface area contributed by atoms with E-state index < -0.39 is 28.0 Å². The first kappa shape index (κ1) is 20.4. The van der Waals surface area contributed by atoms with Crippen LogP contribution >= 0.6 is 0 Å². The molecule has 0 bridgehead atoms. The Morgan fingerprint density at radius 1 is 1.32 bits per heavy atom. The lowest BCUT2D eigenvalue weighted by atomic mass is 10.2. The zero-order chi connectivity index (χ0) is 20.7. The molecule has 0 aliphatic heterocycles. The number of nitrogens with zero attached hydrogens (tertiary/aromatic N) is 2. The third-order valence-corrected chi connectivity index (χ3v) is 3.35. The van der Waals surface area contributed by atoms with Crippen LogP contribution in [0.5, 0.6) is 17.4 Å². The summed E-state index contributed by atoms with van der Waals surface area (Å²) in [7, 11) is 1.25. The second kappa shape index (κ2) is 9.16. The fourth-order valence-electron chi connectivity index (χ4n) is 2.10. The number of ether oxygens (including phenoxy) is 3. The molecular formula is C17H17N3O8. The van der Waals surface area contributed by atoms with E-state index in [0.717, 1.165) is 0 Å². The summed E-state index contributed by atoms with van der Waals surface area (Å²) >= 11 is 0. The van der Waals surface area contributed by atoms with Gasteiger partial charge in [-0.15, -0.1) is 0 Å². The number of hydrogen-bond acceptors (Lipinski definition) is 9. The van der Waals surface area contributed by atoms with Gasteiger partial charge in [-0.2, -0.15) is 4.98 Å². The summed E-state index contributed by atoms with van der Waals surface area (Å²) < 4.78 is 15.3. The molecule has 1 heterocycles. The second-order valence-corrected chi connectivity index (χ2v) is 5.22. The van der Waals surface area contributed by atoms with Gasteiger partial charge in [0.1, 0.15) is 5.82 Å². The van der Waals surface area contributed by atoms with Gasteiger partial charge < -0.3 is 24.3 Å². The van der Waals surface area contributed by atoms with Crippen molar-refractivity contribution in [2.45, 2.75) is 6.92 Å². The van der Waals surface area contributed by atoms with E-state index in [4.69, 9.17) is 9.47 Å². The Hall–Kier alpha value is -3.89. The van der Waals surface area contributed by atoms with Crippen molar-refractivity contribution in [3.05, 3.63) is 50.1 Å². The van der Waals surface area contributed by atoms with Crippen molar-refractivity contribution >= 4 is 23.8 Å². The van der Waals surface area contributed by atoms with Crippen LogP contribution < -0.4 is 15.0 Å². The highest BCUT2D eigenvalue weighted by Crippen LogP contribution is 2.29. The Bertz CT molecular complexity index is 967. The van der Waals surface area contributed by atoms with Crippen LogP contribution in [0.2, 0.25) is 0 Å². The molecular weight excluding hydrogens is 374 g/mol. The average molecular weight is 391 g/mol. The fraction of sp³-hybridized carbons (Fsp3) is 0.235. The molecule has 11 nitrogen and oxygen atoms in total. The lowest BCUT2D eigenvalue weighted by Crippen LogP contribution is -2.14. The lowest BCUT2D eigenvalue weighted by molar-refractivity contribution is -0.387. The number of aromatic nitrogens is 2. The number of carbonyl (C=O) groups is 1. The minimum absolute atomic E-state index is 0.0722. The molecule has 2 N–H and O–H groups in total. The van der Waals surface area contributed by atoms with Gasteiger partial charge in [0.15, 0.2) is 18.1 Å². The third-order valence-electron chi connectivity index (χ3n) is 3.35. The molecule has 0 radical (unpaired) electrons. The molecule has 0 fully saturated rings. The number of methoxy groups -OCH3 is 1. The van der Waals surface area contributed by atoms with Gasteiger partial charge in [0.25, 0.3) is 5.88 Å². The molecule has 2 rings (SSSR count). The molecule has 0 unspecified atom stereocenters. The summed E-state index contributed by atoms with van der Waals surface area (Å²) in [4.78, 5) is 38.3. The van der Waals surface area contributed by atoms with Crippen molar-refractivity contribution in [1.82, 2.24) is 9.97 Å². The van der Waals surface area contributed by atoms with Crippen LogP contribution in [0, 0.1) is 10.1 Å². The number of rotatable bonds is 8. The number of carbonyl (C=O) groups excluding carboxylic acids is 1. The number of benzene rings is 1. The highest BCUT2D eigenvalue weighted by Gasteiger charge is 2.21. The van der Waals surface area contributed by atoms with Crippen molar-refractivity contribution in [1.29, 1.82) is 0 Å². The number of nitro groups is 1. The Kier molecular flexibility index (Phi) is 6.68. The topological polar surface area (TPSA) is 154 Å². The second-order valence-electron chi connectivity index (χ2n) is 5.22. The Labute approximate surface area is 158 Å². The number of nitrogens with one attached hydrogen (secondary N) is 1. The van der Waals surface area contributed by atoms with Crippen LogP contribution in [-0.2, 0) is 9.53 Å². The van der Waals surface area contributed by atoms with Crippen LogP contribution in [-0.4, -0.2) is 46.3 Å². The van der Waals surface area contributed by atoms with Gasteiger partial charge in [-0.05, 0) is 30.7 Å². The van der Waals surface area contributed by atoms with Gasteiger partial charge in [0.2, 0.25) is 0 Å². The molecule has 28 heavy (non-hydrogen) atoms. The number of aromatic amines is 1. The molecule has 0 amide bonds. The van der Waals surface area contributed by atoms with E-state index in [0.29, 0.717) is 23.7 Å². The van der Waals surface area contributed by atoms with E-state index in [-0.39, 0.29) is 12.4 Å². The predicted octanol–water partition coefficient (Wildman–Crippen LogP) is 1.50. The van der Waals surface area contributed by atoms with Crippen LogP contribution in [0.15, 0.2) is 23.0 Å². The highest BCUT2D eigenvalue weighted by atomic mass is 16.6. The van der Waals surface area contributed by atoms with E-state index >= 15 is 0 Å². The van der Waals surface area contributed by atoms with E-state index in [1.54, 1.807) is 25.1 Å². The maximum atomic E-state index is 11.6. The Balaban J connectivity index is 2.26. The Morgan fingerprint density at radius 2 is 2.07 bits per heavy atom. The van der Waals surface area contributed by atoms with E-state index in [1.807, 2.05) is 0 Å². The van der Waals surface area contributed by atoms with Gasteiger partial charge in [-0.3, -0.25) is 14.9 Å².